The monoisotopic (exact) mass is 279 g/mol. The van der Waals surface area contributed by atoms with E-state index in [1.165, 1.54) is 19.9 Å². The number of carbonyl (C=O) groups is 3. The highest BCUT2D eigenvalue weighted by atomic mass is 16.4. The van der Waals surface area contributed by atoms with Crippen LogP contribution in [0, 0.1) is 5.41 Å². The van der Waals surface area contributed by atoms with Crippen molar-refractivity contribution < 1.29 is 19.5 Å². The van der Waals surface area contributed by atoms with Gasteiger partial charge in [-0.3, -0.25) is 9.59 Å². The van der Waals surface area contributed by atoms with Crippen LogP contribution < -0.4 is 16.4 Å². The predicted octanol–water partition coefficient (Wildman–Crippen LogP) is 1.62. The Bertz CT molecular complexity index is 540. The summed E-state index contributed by atoms with van der Waals surface area (Å²) in [5.41, 5.74) is 4.73. The van der Waals surface area contributed by atoms with Crippen molar-refractivity contribution in [3.63, 3.8) is 0 Å². The number of nitrogens with one attached hydrogen (secondary N) is 2. The number of amides is 3. The second kappa shape index (κ2) is 6.05. The molecule has 0 aliphatic rings. The Morgan fingerprint density at radius 3 is 2.25 bits per heavy atom. The Labute approximate surface area is 116 Å². The lowest BCUT2D eigenvalue weighted by atomic mass is 9.89. The molecule has 0 spiro atoms. The van der Waals surface area contributed by atoms with Gasteiger partial charge >= 0.3 is 12.0 Å². The van der Waals surface area contributed by atoms with Crippen LogP contribution in [0.5, 0.6) is 0 Å². The van der Waals surface area contributed by atoms with Crippen LogP contribution in [-0.2, 0) is 9.59 Å². The zero-order chi connectivity index (χ0) is 15.3. The van der Waals surface area contributed by atoms with Gasteiger partial charge in [-0.15, -0.1) is 0 Å². The molecule has 0 aliphatic heterocycles. The molecule has 7 heteroatoms. The van der Waals surface area contributed by atoms with E-state index in [4.69, 9.17) is 10.8 Å². The molecule has 0 saturated heterocycles. The number of carboxylic acids is 1. The average molecular weight is 279 g/mol. The van der Waals surface area contributed by atoms with E-state index in [2.05, 4.69) is 10.6 Å². The first-order valence-corrected chi connectivity index (χ1v) is 5.90. The van der Waals surface area contributed by atoms with Crippen LogP contribution in [0.2, 0.25) is 0 Å². The molecule has 0 bridgehead atoms. The minimum absolute atomic E-state index is 0.157. The first-order chi connectivity index (χ1) is 9.20. The Kier molecular flexibility index (Phi) is 4.68. The number of carboxylic acid groups (broad SMARTS) is 1. The van der Waals surface area contributed by atoms with Gasteiger partial charge in [-0.2, -0.15) is 0 Å². The molecule has 1 aromatic carbocycles. The Hall–Kier alpha value is -2.57. The average Bonchev–Trinajstić information content (AvgIpc) is 2.26. The van der Waals surface area contributed by atoms with Crippen molar-refractivity contribution in [3.05, 3.63) is 24.3 Å². The molecule has 1 aromatic rings. The summed E-state index contributed by atoms with van der Waals surface area (Å²) in [5.74, 6) is -1.47. The number of benzene rings is 1. The molecule has 0 saturated carbocycles. The van der Waals surface area contributed by atoms with Crippen molar-refractivity contribution in [2.75, 3.05) is 10.6 Å². The SMILES string of the molecule is CC(C)(CC(=O)Nc1cccc(NC(N)=O)c1)C(=O)O. The molecule has 0 aliphatic carbocycles. The maximum atomic E-state index is 11.8. The highest BCUT2D eigenvalue weighted by Gasteiger charge is 2.30. The smallest absolute Gasteiger partial charge is 0.316 e. The van der Waals surface area contributed by atoms with E-state index in [0.717, 1.165) is 0 Å². The largest absolute Gasteiger partial charge is 0.481 e. The normalized spacial score (nSPS) is 10.7. The molecular formula is C13H17N3O4. The molecule has 7 nitrogen and oxygen atoms in total. The summed E-state index contributed by atoms with van der Waals surface area (Å²) in [6.45, 7) is 2.94. The van der Waals surface area contributed by atoms with Crippen LogP contribution in [0.15, 0.2) is 24.3 Å². The van der Waals surface area contributed by atoms with Crippen molar-refractivity contribution in [1.82, 2.24) is 0 Å². The second-order valence-corrected chi connectivity index (χ2v) is 4.98. The number of nitrogens with two attached hydrogens (primary N) is 1. The minimum atomic E-state index is -1.15. The van der Waals surface area contributed by atoms with Crippen molar-refractivity contribution in [1.29, 1.82) is 0 Å². The maximum Gasteiger partial charge on any atom is 0.316 e. The number of hydrogen-bond acceptors (Lipinski definition) is 3. The third-order valence-corrected chi connectivity index (χ3v) is 2.60. The highest BCUT2D eigenvalue weighted by Crippen LogP contribution is 2.22. The van der Waals surface area contributed by atoms with Gasteiger partial charge in [0.1, 0.15) is 0 Å². The van der Waals surface area contributed by atoms with Crippen LogP contribution in [0.3, 0.4) is 0 Å². The quantitative estimate of drug-likeness (QED) is 0.654. The Balaban J connectivity index is 2.71. The summed E-state index contributed by atoms with van der Waals surface area (Å²) in [7, 11) is 0. The van der Waals surface area contributed by atoms with Gasteiger partial charge < -0.3 is 21.5 Å². The van der Waals surface area contributed by atoms with Crippen molar-refractivity contribution >= 4 is 29.3 Å². The predicted molar refractivity (Wildman–Crippen MR) is 74.3 cm³/mol. The highest BCUT2D eigenvalue weighted by molar-refractivity contribution is 5.95. The van der Waals surface area contributed by atoms with Gasteiger partial charge in [-0.1, -0.05) is 6.07 Å². The second-order valence-electron chi connectivity index (χ2n) is 4.98. The lowest BCUT2D eigenvalue weighted by Crippen LogP contribution is -2.29. The molecule has 0 heterocycles. The number of urea groups is 1. The first kappa shape index (κ1) is 15.5. The van der Waals surface area contributed by atoms with E-state index in [1.807, 2.05) is 0 Å². The lowest BCUT2D eigenvalue weighted by Gasteiger charge is -2.18. The summed E-state index contributed by atoms with van der Waals surface area (Å²) >= 11 is 0. The Morgan fingerprint density at radius 2 is 1.75 bits per heavy atom. The van der Waals surface area contributed by atoms with Crippen LogP contribution in [0.1, 0.15) is 20.3 Å². The Morgan fingerprint density at radius 1 is 1.20 bits per heavy atom. The van der Waals surface area contributed by atoms with E-state index >= 15 is 0 Å². The number of rotatable bonds is 5. The molecule has 0 aromatic heterocycles. The molecule has 108 valence electrons. The third-order valence-electron chi connectivity index (χ3n) is 2.60. The topological polar surface area (TPSA) is 122 Å². The molecule has 0 atom stereocenters. The molecule has 20 heavy (non-hydrogen) atoms. The molecule has 0 fully saturated rings. The number of aliphatic carboxylic acids is 1. The van der Waals surface area contributed by atoms with Crippen LogP contribution in [0.25, 0.3) is 0 Å². The fraction of sp³-hybridized carbons (Fsp3) is 0.308. The third kappa shape index (κ3) is 4.60. The summed E-state index contributed by atoms with van der Waals surface area (Å²) in [6, 6.07) is 5.68. The van der Waals surface area contributed by atoms with Gasteiger partial charge in [0.2, 0.25) is 5.91 Å². The molecule has 0 unspecified atom stereocenters. The van der Waals surface area contributed by atoms with Gasteiger partial charge in [0.15, 0.2) is 0 Å². The molecule has 5 N–H and O–H groups in total. The molecule has 0 radical (unpaired) electrons. The van der Waals surface area contributed by atoms with Gasteiger partial charge in [-0.05, 0) is 32.0 Å². The van der Waals surface area contributed by atoms with Crippen molar-refractivity contribution in [2.45, 2.75) is 20.3 Å². The zero-order valence-electron chi connectivity index (χ0n) is 11.3. The maximum absolute atomic E-state index is 11.8. The van der Waals surface area contributed by atoms with Gasteiger partial charge in [0.25, 0.3) is 0 Å². The van der Waals surface area contributed by atoms with Gasteiger partial charge in [0.05, 0.1) is 5.41 Å². The summed E-state index contributed by atoms with van der Waals surface area (Å²) in [5, 5.41) is 13.9. The summed E-state index contributed by atoms with van der Waals surface area (Å²) in [4.78, 5) is 33.4. The molecule has 1 rings (SSSR count). The van der Waals surface area contributed by atoms with Gasteiger partial charge in [-0.25, -0.2) is 4.79 Å². The van der Waals surface area contributed by atoms with Gasteiger partial charge in [0, 0.05) is 17.8 Å². The van der Waals surface area contributed by atoms with Crippen molar-refractivity contribution in [3.8, 4) is 0 Å². The number of primary amides is 1. The first-order valence-electron chi connectivity index (χ1n) is 5.90. The van der Waals surface area contributed by atoms with E-state index in [-0.39, 0.29) is 6.42 Å². The summed E-state index contributed by atoms with van der Waals surface area (Å²) in [6.07, 6.45) is -0.157. The van der Waals surface area contributed by atoms with Crippen LogP contribution in [-0.4, -0.2) is 23.0 Å². The van der Waals surface area contributed by atoms with E-state index in [0.29, 0.717) is 11.4 Å². The standard InChI is InChI=1S/C13H17N3O4/c1-13(2,11(18)19)7-10(17)15-8-4-3-5-9(6-8)16-12(14)20/h3-6H,7H2,1-2H3,(H,15,17)(H,18,19)(H3,14,16,20). The lowest BCUT2D eigenvalue weighted by molar-refractivity contribution is -0.148. The summed E-state index contributed by atoms with van der Waals surface area (Å²) < 4.78 is 0. The minimum Gasteiger partial charge on any atom is -0.481 e. The van der Waals surface area contributed by atoms with Crippen molar-refractivity contribution in [2.24, 2.45) is 11.1 Å². The number of hydrogen-bond donors (Lipinski definition) is 4. The number of carbonyl (C=O) groups excluding carboxylic acids is 2. The fourth-order valence-electron chi connectivity index (χ4n) is 1.50. The fourth-order valence-corrected chi connectivity index (χ4v) is 1.50. The number of anilines is 2. The van der Waals surface area contributed by atoms with E-state index in [1.54, 1.807) is 18.2 Å². The van der Waals surface area contributed by atoms with Crippen LogP contribution in [0.4, 0.5) is 16.2 Å². The van der Waals surface area contributed by atoms with E-state index in [9.17, 15) is 14.4 Å². The van der Waals surface area contributed by atoms with E-state index < -0.39 is 23.3 Å². The van der Waals surface area contributed by atoms with Crippen LogP contribution >= 0.6 is 0 Å². The molecule has 3 amide bonds. The zero-order valence-corrected chi connectivity index (χ0v) is 11.3. The molecular weight excluding hydrogens is 262 g/mol.